The van der Waals surface area contributed by atoms with Gasteiger partial charge in [-0.1, -0.05) is 0 Å². The van der Waals surface area contributed by atoms with Crippen LogP contribution in [0.5, 0.6) is 0 Å². The Morgan fingerprint density at radius 3 is 1.12 bits per heavy atom. The normalized spacial score (nSPS) is 32.9. The van der Waals surface area contributed by atoms with E-state index in [9.17, 15) is 0 Å². The SMILES string of the molecule is Brc1sc(-c2sc(Br)c3c2C2CCC3CC2)c2c1C1CCC2CC1. The summed E-state index contributed by atoms with van der Waals surface area (Å²) in [7, 11) is 0. The molecule has 4 bridgehead atoms. The van der Waals surface area contributed by atoms with Gasteiger partial charge < -0.3 is 0 Å². The summed E-state index contributed by atoms with van der Waals surface area (Å²) in [6.45, 7) is 0. The van der Waals surface area contributed by atoms with Gasteiger partial charge in [-0.3, -0.25) is 0 Å². The highest BCUT2D eigenvalue weighted by atomic mass is 79.9. The first kappa shape index (κ1) is 15.4. The zero-order chi connectivity index (χ0) is 16.0. The number of hydrogen-bond donors (Lipinski definition) is 0. The third kappa shape index (κ3) is 1.95. The van der Waals surface area contributed by atoms with Crippen LogP contribution in [0.1, 0.15) is 97.3 Å². The molecule has 4 heteroatoms. The molecule has 2 aromatic rings. The van der Waals surface area contributed by atoms with Crippen LogP contribution in [0.2, 0.25) is 0 Å². The first-order valence-electron chi connectivity index (χ1n) is 9.37. The zero-order valence-corrected chi connectivity index (χ0v) is 18.3. The van der Waals surface area contributed by atoms with E-state index < -0.39 is 0 Å². The second-order valence-electron chi connectivity index (χ2n) is 8.16. The van der Waals surface area contributed by atoms with Gasteiger partial charge in [0.1, 0.15) is 0 Å². The Kier molecular flexibility index (Phi) is 3.49. The molecule has 126 valence electrons. The average molecular weight is 484 g/mol. The summed E-state index contributed by atoms with van der Waals surface area (Å²) < 4.78 is 2.89. The molecule has 6 aliphatic carbocycles. The first-order chi connectivity index (χ1) is 11.7. The third-order valence-corrected chi connectivity index (χ3v) is 11.2. The van der Waals surface area contributed by atoms with Crippen LogP contribution < -0.4 is 0 Å². The molecule has 24 heavy (non-hydrogen) atoms. The molecule has 0 atom stereocenters. The van der Waals surface area contributed by atoms with E-state index in [1.807, 2.05) is 0 Å². The molecule has 2 fully saturated rings. The Morgan fingerprint density at radius 1 is 0.500 bits per heavy atom. The van der Waals surface area contributed by atoms with Crippen LogP contribution in [0.4, 0.5) is 0 Å². The van der Waals surface area contributed by atoms with Crippen LogP contribution in [0.3, 0.4) is 0 Å². The second-order valence-corrected chi connectivity index (χ2v) is 12.8. The van der Waals surface area contributed by atoms with Crippen molar-refractivity contribution < 1.29 is 0 Å². The molecule has 0 amide bonds. The molecule has 0 N–H and O–H groups in total. The minimum Gasteiger partial charge on any atom is -0.127 e. The Labute approximate surface area is 168 Å². The maximum atomic E-state index is 3.96. The lowest BCUT2D eigenvalue weighted by Gasteiger charge is -2.38. The van der Waals surface area contributed by atoms with Crippen LogP contribution in [-0.4, -0.2) is 0 Å². The minimum atomic E-state index is 0.833. The summed E-state index contributed by atoms with van der Waals surface area (Å²) in [6.07, 6.45) is 11.4. The van der Waals surface area contributed by atoms with Crippen molar-refractivity contribution in [3.63, 3.8) is 0 Å². The van der Waals surface area contributed by atoms with Gasteiger partial charge in [-0.25, -0.2) is 0 Å². The fraction of sp³-hybridized carbons (Fsp3) is 0.600. The number of thiophene rings is 2. The van der Waals surface area contributed by atoms with Crippen molar-refractivity contribution in [3.05, 3.63) is 29.8 Å². The molecule has 0 radical (unpaired) electrons. The molecule has 0 aliphatic heterocycles. The fourth-order valence-corrected chi connectivity index (χ4v) is 10.7. The average Bonchev–Trinajstić information content (AvgIpc) is 3.18. The molecule has 2 aromatic heterocycles. The molecule has 0 aromatic carbocycles. The van der Waals surface area contributed by atoms with E-state index >= 15 is 0 Å². The number of halogens is 2. The summed E-state index contributed by atoms with van der Waals surface area (Å²) >= 11 is 12.0. The van der Waals surface area contributed by atoms with E-state index in [0.29, 0.717) is 0 Å². The Hall–Kier alpha value is 0.360. The van der Waals surface area contributed by atoms with E-state index in [2.05, 4.69) is 54.5 Å². The van der Waals surface area contributed by atoms with Gasteiger partial charge in [-0.2, -0.15) is 0 Å². The van der Waals surface area contributed by atoms with Gasteiger partial charge in [-0.05, 0) is 129 Å². The number of fused-ring (bicyclic) bond motifs is 4. The molecule has 6 aliphatic rings. The lowest BCUT2D eigenvalue weighted by atomic mass is 9.66. The molecular weight excluding hydrogens is 464 g/mol. The van der Waals surface area contributed by atoms with E-state index in [1.165, 1.54) is 58.9 Å². The van der Waals surface area contributed by atoms with E-state index in [-0.39, 0.29) is 0 Å². The van der Waals surface area contributed by atoms with Gasteiger partial charge in [0, 0.05) is 9.75 Å². The van der Waals surface area contributed by atoms with Crippen LogP contribution in [0.25, 0.3) is 9.75 Å². The quantitative estimate of drug-likeness (QED) is 0.381. The van der Waals surface area contributed by atoms with Crippen molar-refractivity contribution in [2.75, 3.05) is 0 Å². The van der Waals surface area contributed by atoms with Gasteiger partial charge in [0.25, 0.3) is 0 Å². The van der Waals surface area contributed by atoms with Crippen molar-refractivity contribution in [2.45, 2.75) is 75.0 Å². The van der Waals surface area contributed by atoms with Gasteiger partial charge in [0.2, 0.25) is 0 Å². The molecular formula is C20H20Br2S2. The van der Waals surface area contributed by atoms with Crippen molar-refractivity contribution >= 4 is 54.5 Å². The van der Waals surface area contributed by atoms with Crippen molar-refractivity contribution in [3.8, 4) is 9.75 Å². The fourth-order valence-electron chi connectivity index (χ4n) is 6.11. The van der Waals surface area contributed by atoms with Crippen LogP contribution in [0, 0.1) is 0 Å². The van der Waals surface area contributed by atoms with E-state index in [0.717, 1.165) is 23.7 Å². The molecule has 8 rings (SSSR count). The van der Waals surface area contributed by atoms with Crippen LogP contribution in [-0.2, 0) is 0 Å². The smallest absolute Gasteiger partial charge is 0.0743 e. The Bertz CT molecular complexity index is 760. The van der Waals surface area contributed by atoms with Gasteiger partial charge in [-0.15, -0.1) is 22.7 Å². The molecule has 0 unspecified atom stereocenters. The molecule has 0 nitrogen and oxygen atoms in total. The van der Waals surface area contributed by atoms with Crippen LogP contribution >= 0.6 is 54.5 Å². The predicted octanol–water partition coefficient (Wildman–Crippen LogP) is 8.51. The number of rotatable bonds is 1. The number of hydrogen-bond acceptors (Lipinski definition) is 2. The van der Waals surface area contributed by atoms with Gasteiger partial charge in [0.15, 0.2) is 0 Å². The lowest BCUT2D eigenvalue weighted by Crippen LogP contribution is -2.22. The summed E-state index contributed by atoms with van der Waals surface area (Å²) in [5.74, 6) is 3.33. The highest BCUT2D eigenvalue weighted by Crippen LogP contribution is 2.63. The summed E-state index contributed by atoms with van der Waals surface area (Å²) in [6, 6.07) is 0. The third-order valence-electron chi connectivity index (χ3n) is 7.17. The lowest BCUT2D eigenvalue weighted by molar-refractivity contribution is 0.358. The first-order valence-corrected chi connectivity index (χ1v) is 12.6. The molecule has 2 heterocycles. The molecule has 0 spiro atoms. The standard InChI is InChI=1S/C20H20Br2S2/c21-19-15-11-5-1-9(2-6-11)13(15)17(23-19)18-14-10-3-7-12(8-4-10)16(14)20(22)24-18/h9-12H,1-8H2. The monoisotopic (exact) mass is 482 g/mol. The maximum Gasteiger partial charge on any atom is 0.0743 e. The van der Waals surface area contributed by atoms with E-state index in [1.54, 1.807) is 32.0 Å². The van der Waals surface area contributed by atoms with Gasteiger partial charge in [0.05, 0.1) is 7.57 Å². The molecule has 0 saturated heterocycles. The highest BCUT2D eigenvalue weighted by Gasteiger charge is 2.42. The summed E-state index contributed by atoms with van der Waals surface area (Å²) in [4.78, 5) is 3.29. The van der Waals surface area contributed by atoms with Crippen molar-refractivity contribution in [1.82, 2.24) is 0 Å². The second kappa shape index (κ2) is 5.43. The largest absolute Gasteiger partial charge is 0.127 e. The predicted molar refractivity (Wildman–Crippen MR) is 111 cm³/mol. The Balaban J connectivity index is 1.60. The summed E-state index contributed by atoms with van der Waals surface area (Å²) in [5.41, 5.74) is 6.92. The van der Waals surface area contributed by atoms with E-state index in [4.69, 9.17) is 0 Å². The maximum absolute atomic E-state index is 3.96. The van der Waals surface area contributed by atoms with Gasteiger partial charge >= 0.3 is 0 Å². The van der Waals surface area contributed by atoms with Crippen molar-refractivity contribution in [1.29, 1.82) is 0 Å². The topological polar surface area (TPSA) is 0 Å². The summed E-state index contributed by atoms with van der Waals surface area (Å²) in [5, 5.41) is 0. The van der Waals surface area contributed by atoms with Crippen molar-refractivity contribution in [2.24, 2.45) is 0 Å². The molecule has 2 saturated carbocycles. The zero-order valence-electron chi connectivity index (χ0n) is 13.5. The highest BCUT2D eigenvalue weighted by molar-refractivity contribution is 9.11. The van der Waals surface area contributed by atoms with Crippen LogP contribution in [0.15, 0.2) is 7.57 Å². The Morgan fingerprint density at radius 2 is 0.792 bits per heavy atom. The minimum absolute atomic E-state index is 0.833.